The number of ether oxygens (including phenoxy) is 2. The Morgan fingerprint density at radius 1 is 1.33 bits per heavy atom. The first-order chi connectivity index (χ1) is 6.83. The van der Waals surface area contributed by atoms with Crippen LogP contribution in [0.5, 0.6) is 11.5 Å². The molecule has 0 aromatic heterocycles. The fraction of sp³-hybridized carbons (Fsp3) is 0.250. The zero-order valence-corrected chi connectivity index (χ0v) is 9.15. The summed E-state index contributed by atoms with van der Waals surface area (Å²) in [6.45, 7) is 0. The molecular formula is C8H7BrF3NO2. The maximum Gasteiger partial charge on any atom is 0.573 e. The summed E-state index contributed by atoms with van der Waals surface area (Å²) in [5.74, 6) is -0.128. The lowest BCUT2D eigenvalue weighted by atomic mass is 10.3. The molecule has 84 valence electrons. The molecule has 0 unspecified atom stereocenters. The van der Waals surface area contributed by atoms with Crippen LogP contribution in [0.3, 0.4) is 0 Å². The first-order valence-corrected chi connectivity index (χ1v) is 4.51. The van der Waals surface area contributed by atoms with Crippen LogP contribution in [0.1, 0.15) is 0 Å². The van der Waals surface area contributed by atoms with Gasteiger partial charge in [-0.1, -0.05) is 0 Å². The predicted octanol–water partition coefficient (Wildman–Crippen LogP) is 2.94. The van der Waals surface area contributed by atoms with Gasteiger partial charge in [-0.05, 0) is 22.0 Å². The fourth-order valence-electron chi connectivity index (χ4n) is 0.930. The summed E-state index contributed by atoms with van der Waals surface area (Å²) in [5.41, 5.74) is 5.22. The van der Waals surface area contributed by atoms with Crippen molar-refractivity contribution in [3.63, 3.8) is 0 Å². The van der Waals surface area contributed by atoms with Crippen molar-refractivity contribution >= 4 is 21.6 Å². The van der Waals surface area contributed by atoms with Crippen LogP contribution in [-0.2, 0) is 0 Å². The lowest BCUT2D eigenvalue weighted by molar-refractivity contribution is -0.274. The first kappa shape index (κ1) is 12.0. The molecule has 0 saturated heterocycles. The minimum absolute atomic E-state index is 0.0803. The molecule has 0 bridgehead atoms. The first-order valence-electron chi connectivity index (χ1n) is 3.72. The van der Waals surface area contributed by atoms with Gasteiger partial charge in [0.05, 0.1) is 17.3 Å². The molecule has 0 amide bonds. The molecule has 1 aromatic carbocycles. The minimum Gasteiger partial charge on any atom is -0.497 e. The highest BCUT2D eigenvalue weighted by molar-refractivity contribution is 9.10. The largest absolute Gasteiger partial charge is 0.573 e. The van der Waals surface area contributed by atoms with Crippen LogP contribution in [0.25, 0.3) is 0 Å². The van der Waals surface area contributed by atoms with Gasteiger partial charge < -0.3 is 15.2 Å². The Morgan fingerprint density at radius 2 is 1.93 bits per heavy atom. The van der Waals surface area contributed by atoms with Crippen molar-refractivity contribution in [3.05, 3.63) is 16.6 Å². The monoisotopic (exact) mass is 285 g/mol. The average molecular weight is 286 g/mol. The van der Waals surface area contributed by atoms with Gasteiger partial charge in [-0.3, -0.25) is 0 Å². The van der Waals surface area contributed by atoms with Gasteiger partial charge in [-0.15, -0.1) is 13.2 Å². The number of benzene rings is 1. The van der Waals surface area contributed by atoms with E-state index in [1.807, 2.05) is 0 Å². The minimum atomic E-state index is -4.77. The third kappa shape index (κ3) is 3.19. The van der Waals surface area contributed by atoms with Crippen molar-refractivity contribution in [2.24, 2.45) is 0 Å². The van der Waals surface area contributed by atoms with E-state index in [1.54, 1.807) is 0 Å². The van der Waals surface area contributed by atoms with Crippen molar-refractivity contribution in [2.45, 2.75) is 6.36 Å². The molecule has 0 heterocycles. The molecular weight excluding hydrogens is 279 g/mol. The Kier molecular flexibility index (Phi) is 3.33. The number of nitrogen functional groups attached to an aromatic ring is 1. The number of alkyl halides is 3. The highest BCUT2D eigenvalue weighted by Crippen LogP contribution is 2.38. The van der Waals surface area contributed by atoms with E-state index in [4.69, 9.17) is 10.5 Å². The van der Waals surface area contributed by atoms with Gasteiger partial charge in [-0.25, -0.2) is 0 Å². The van der Waals surface area contributed by atoms with Crippen LogP contribution >= 0.6 is 15.9 Å². The van der Waals surface area contributed by atoms with E-state index in [2.05, 4.69) is 20.7 Å². The zero-order valence-electron chi connectivity index (χ0n) is 7.56. The van der Waals surface area contributed by atoms with E-state index < -0.39 is 12.1 Å². The normalized spacial score (nSPS) is 11.3. The second kappa shape index (κ2) is 4.18. The molecule has 0 atom stereocenters. The second-order valence-corrected chi connectivity index (χ2v) is 3.43. The molecule has 0 aliphatic carbocycles. The van der Waals surface area contributed by atoms with Crippen LogP contribution in [0.4, 0.5) is 18.9 Å². The molecule has 1 aromatic rings. The molecule has 0 aliphatic rings. The Hall–Kier alpha value is -1.11. The molecule has 1 rings (SSSR count). The Morgan fingerprint density at radius 3 is 2.33 bits per heavy atom. The summed E-state index contributed by atoms with van der Waals surface area (Å²) in [7, 11) is 1.38. The van der Waals surface area contributed by atoms with Crippen molar-refractivity contribution in [3.8, 4) is 11.5 Å². The van der Waals surface area contributed by atoms with Crippen LogP contribution in [0.15, 0.2) is 16.6 Å². The molecule has 0 radical (unpaired) electrons. The second-order valence-electron chi connectivity index (χ2n) is 2.58. The summed E-state index contributed by atoms with van der Waals surface area (Å²) in [6.07, 6.45) is -4.77. The Bertz CT molecular complexity index is 344. The number of nitrogens with two attached hydrogens (primary N) is 1. The summed E-state index contributed by atoms with van der Waals surface area (Å²) < 4.78 is 44.5. The van der Waals surface area contributed by atoms with Crippen molar-refractivity contribution < 1.29 is 22.6 Å². The maximum atomic E-state index is 12.0. The number of hydrogen-bond donors (Lipinski definition) is 1. The van der Waals surface area contributed by atoms with Gasteiger partial charge in [0.25, 0.3) is 0 Å². The van der Waals surface area contributed by atoms with E-state index in [-0.39, 0.29) is 10.2 Å². The van der Waals surface area contributed by atoms with E-state index in [1.165, 1.54) is 19.2 Å². The van der Waals surface area contributed by atoms with Crippen molar-refractivity contribution in [1.29, 1.82) is 0 Å². The number of hydrogen-bond acceptors (Lipinski definition) is 3. The van der Waals surface area contributed by atoms with Crippen LogP contribution < -0.4 is 15.2 Å². The van der Waals surface area contributed by atoms with E-state index in [9.17, 15) is 13.2 Å². The summed E-state index contributed by atoms with van der Waals surface area (Å²) in [4.78, 5) is 0. The molecule has 0 saturated carbocycles. The van der Waals surface area contributed by atoms with Crippen molar-refractivity contribution in [2.75, 3.05) is 12.8 Å². The van der Waals surface area contributed by atoms with E-state index >= 15 is 0 Å². The third-order valence-electron chi connectivity index (χ3n) is 1.50. The SMILES string of the molecule is COc1cc(N)c(OC(F)(F)F)c(Br)c1. The Balaban J connectivity index is 3.09. The average Bonchev–Trinajstić information content (AvgIpc) is 2.09. The van der Waals surface area contributed by atoms with Crippen LogP contribution in [0.2, 0.25) is 0 Å². The molecule has 0 fully saturated rings. The third-order valence-corrected chi connectivity index (χ3v) is 2.09. The van der Waals surface area contributed by atoms with Gasteiger partial charge in [0.2, 0.25) is 0 Å². The van der Waals surface area contributed by atoms with Gasteiger partial charge in [0.1, 0.15) is 5.75 Å². The van der Waals surface area contributed by atoms with Gasteiger partial charge in [-0.2, -0.15) is 0 Å². The summed E-state index contributed by atoms with van der Waals surface area (Å²) >= 11 is 2.91. The highest BCUT2D eigenvalue weighted by atomic mass is 79.9. The van der Waals surface area contributed by atoms with E-state index in [0.717, 1.165) is 0 Å². The van der Waals surface area contributed by atoms with Crippen molar-refractivity contribution in [1.82, 2.24) is 0 Å². The number of methoxy groups -OCH3 is 1. The molecule has 0 spiro atoms. The molecule has 7 heteroatoms. The quantitative estimate of drug-likeness (QED) is 0.850. The maximum absolute atomic E-state index is 12.0. The summed E-state index contributed by atoms with van der Waals surface area (Å²) in [6, 6.07) is 2.57. The smallest absolute Gasteiger partial charge is 0.497 e. The predicted molar refractivity (Wildman–Crippen MR) is 51.8 cm³/mol. The Labute approximate surface area is 92.1 Å². The zero-order chi connectivity index (χ0) is 11.6. The molecule has 3 nitrogen and oxygen atoms in total. The summed E-state index contributed by atoms with van der Waals surface area (Å²) in [5, 5.41) is 0. The fourth-order valence-corrected chi connectivity index (χ4v) is 1.47. The number of rotatable bonds is 2. The van der Waals surface area contributed by atoms with Gasteiger partial charge >= 0.3 is 6.36 Å². The number of anilines is 1. The van der Waals surface area contributed by atoms with Crippen LogP contribution in [0, 0.1) is 0 Å². The molecule has 2 N–H and O–H groups in total. The lowest BCUT2D eigenvalue weighted by Crippen LogP contribution is -2.18. The van der Waals surface area contributed by atoms with E-state index in [0.29, 0.717) is 5.75 Å². The number of halogens is 4. The van der Waals surface area contributed by atoms with Crippen LogP contribution in [-0.4, -0.2) is 13.5 Å². The van der Waals surface area contributed by atoms with Gasteiger partial charge in [0, 0.05) is 6.07 Å². The lowest BCUT2D eigenvalue weighted by Gasteiger charge is -2.13. The van der Waals surface area contributed by atoms with Gasteiger partial charge in [0.15, 0.2) is 5.75 Å². The molecule has 0 aliphatic heterocycles. The topological polar surface area (TPSA) is 44.5 Å². The standard InChI is InChI=1S/C8H7BrF3NO2/c1-14-4-2-5(9)7(6(13)3-4)15-8(10,11)12/h2-3H,13H2,1H3. The highest BCUT2D eigenvalue weighted by Gasteiger charge is 2.33. The molecule has 15 heavy (non-hydrogen) atoms.